The van der Waals surface area contributed by atoms with Gasteiger partial charge in [-0.05, 0) is 20.8 Å². The predicted molar refractivity (Wildman–Crippen MR) is 38.8 cm³/mol. The first-order valence-electron chi connectivity index (χ1n) is 3.05. The van der Waals surface area contributed by atoms with Crippen molar-refractivity contribution in [2.75, 3.05) is 0 Å². The molecule has 1 heterocycles. The van der Waals surface area contributed by atoms with Gasteiger partial charge in [0.05, 0.1) is 11.8 Å². The second kappa shape index (κ2) is 2.17. The number of hydrogen-bond donors (Lipinski definition) is 1. The van der Waals surface area contributed by atoms with Crippen molar-refractivity contribution in [3.8, 4) is 0 Å². The zero-order chi connectivity index (χ0) is 6.85. The highest BCUT2D eigenvalue weighted by Gasteiger charge is 2.07. The average Bonchev–Trinajstić information content (AvgIpc) is 1.80. The molecule has 0 aliphatic carbocycles. The normalized spacial score (nSPS) is 26.3. The Kier molecular flexibility index (Phi) is 1.51. The Hall–Kier alpha value is -0.860. The Morgan fingerprint density at radius 1 is 1.44 bits per heavy atom. The molecular weight excluding hydrogens is 114 g/mol. The molecule has 0 amide bonds. The van der Waals surface area contributed by atoms with Crippen LogP contribution in [0.2, 0.25) is 0 Å². The van der Waals surface area contributed by atoms with E-state index in [-0.39, 0.29) is 6.04 Å². The van der Waals surface area contributed by atoms with Gasteiger partial charge >= 0.3 is 0 Å². The van der Waals surface area contributed by atoms with Crippen LogP contribution in [-0.4, -0.2) is 17.6 Å². The second-order valence-corrected chi connectivity index (χ2v) is 2.26. The lowest BCUT2D eigenvalue weighted by Crippen LogP contribution is -2.27. The number of nitrogens with zero attached hydrogens (tertiary/aromatic N) is 2. The summed E-state index contributed by atoms with van der Waals surface area (Å²) in [6, 6.07) is 0.256. The molecule has 0 bridgehead atoms. The molecule has 1 N–H and O–H groups in total. The molecule has 1 atom stereocenters. The summed E-state index contributed by atoms with van der Waals surface area (Å²) in [6.07, 6.45) is 0. The lowest BCUT2D eigenvalue weighted by Gasteiger charge is -2.13. The largest absolute Gasteiger partial charge is 0.266 e. The van der Waals surface area contributed by atoms with Gasteiger partial charge in [-0.1, -0.05) is 0 Å². The summed E-state index contributed by atoms with van der Waals surface area (Å²) < 4.78 is 0. The summed E-state index contributed by atoms with van der Waals surface area (Å²) in [4.78, 5) is 4.24. The van der Waals surface area contributed by atoms with Crippen molar-refractivity contribution >= 4 is 11.5 Å². The van der Waals surface area contributed by atoms with Gasteiger partial charge in [-0.25, -0.2) is 0 Å². The molecule has 1 aliphatic heterocycles. The average molecular weight is 125 g/mol. The van der Waals surface area contributed by atoms with Gasteiger partial charge in [-0.3, -0.25) is 10.4 Å². The molecule has 9 heavy (non-hydrogen) atoms. The van der Waals surface area contributed by atoms with Crippen LogP contribution in [0, 0.1) is 0 Å². The summed E-state index contributed by atoms with van der Waals surface area (Å²) in [6.45, 7) is 5.91. The number of aliphatic imine (C=N–C) groups is 1. The topological polar surface area (TPSA) is 36.8 Å². The fourth-order valence-corrected chi connectivity index (χ4v) is 0.675. The van der Waals surface area contributed by atoms with Crippen LogP contribution in [0.15, 0.2) is 10.1 Å². The van der Waals surface area contributed by atoms with E-state index in [9.17, 15) is 0 Å². The van der Waals surface area contributed by atoms with E-state index in [0.29, 0.717) is 0 Å². The van der Waals surface area contributed by atoms with Crippen LogP contribution in [0.5, 0.6) is 0 Å². The molecule has 1 unspecified atom stereocenters. The highest BCUT2D eigenvalue weighted by molar-refractivity contribution is 5.94. The summed E-state index contributed by atoms with van der Waals surface area (Å²) in [5, 5.41) is 4.03. The first-order chi connectivity index (χ1) is 4.20. The minimum absolute atomic E-state index is 0.256. The third-order valence-electron chi connectivity index (χ3n) is 1.39. The molecule has 1 aliphatic rings. The third-order valence-corrected chi connectivity index (χ3v) is 1.39. The minimum Gasteiger partial charge on any atom is -0.266 e. The molecule has 3 nitrogen and oxygen atoms in total. The smallest absolute Gasteiger partial charge is 0.114 e. The van der Waals surface area contributed by atoms with Crippen LogP contribution in [0.1, 0.15) is 20.8 Å². The highest BCUT2D eigenvalue weighted by atomic mass is 15.3. The van der Waals surface area contributed by atoms with Crippen LogP contribution >= 0.6 is 0 Å². The standard InChI is InChI=1S/C6H11N3/c1-4-5(2)8-9-6(3)7-4/h4H,1-3H3,(H,7,9). The molecule has 1 rings (SSSR count). The molecule has 0 saturated carbocycles. The Morgan fingerprint density at radius 3 is 2.56 bits per heavy atom. The van der Waals surface area contributed by atoms with Gasteiger partial charge < -0.3 is 0 Å². The maximum Gasteiger partial charge on any atom is 0.114 e. The zero-order valence-corrected chi connectivity index (χ0v) is 5.97. The van der Waals surface area contributed by atoms with Crippen LogP contribution in [0.3, 0.4) is 0 Å². The highest BCUT2D eigenvalue weighted by Crippen LogP contribution is 1.97. The van der Waals surface area contributed by atoms with Crippen molar-refractivity contribution in [2.24, 2.45) is 10.1 Å². The molecule has 0 aromatic carbocycles. The maximum atomic E-state index is 4.24. The number of hydrazone groups is 1. The quantitative estimate of drug-likeness (QED) is 0.510. The molecule has 0 fully saturated rings. The molecule has 0 aromatic heterocycles. The number of amidine groups is 1. The number of hydrogen-bond acceptors (Lipinski definition) is 3. The maximum absolute atomic E-state index is 4.24. The lowest BCUT2D eigenvalue weighted by atomic mass is 10.2. The van der Waals surface area contributed by atoms with Gasteiger partial charge in [0.15, 0.2) is 0 Å². The molecule has 3 heteroatoms. The van der Waals surface area contributed by atoms with Gasteiger partial charge in [0.2, 0.25) is 0 Å². The minimum atomic E-state index is 0.256. The van der Waals surface area contributed by atoms with Gasteiger partial charge in [-0.15, -0.1) is 0 Å². The Morgan fingerprint density at radius 2 is 2.11 bits per heavy atom. The molecule has 50 valence electrons. The van der Waals surface area contributed by atoms with Gasteiger partial charge in [-0.2, -0.15) is 5.10 Å². The Balaban J connectivity index is 2.70. The predicted octanol–water partition coefficient (Wildman–Crippen LogP) is 0.772. The van der Waals surface area contributed by atoms with Crippen LogP contribution < -0.4 is 5.43 Å². The summed E-state index contributed by atoms with van der Waals surface area (Å²) in [7, 11) is 0. The number of rotatable bonds is 0. The second-order valence-electron chi connectivity index (χ2n) is 2.26. The SMILES string of the molecule is CC1=NC(C)C(C)=NN1. The van der Waals surface area contributed by atoms with Crippen molar-refractivity contribution in [3.05, 3.63) is 0 Å². The summed E-state index contributed by atoms with van der Waals surface area (Å²) in [5.41, 5.74) is 3.84. The van der Waals surface area contributed by atoms with Gasteiger partial charge in [0, 0.05) is 0 Å². The van der Waals surface area contributed by atoms with Crippen LogP contribution in [0.4, 0.5) is 0 Å². The molecular formula is C6H11N3. The Labute approximate surface area is 54.9 Å². The van der Waals surface area contributed by atoms with E-state index in [1.807, 2.05) is 20.8 Å². The zero-order valence-electron chi connectivity index (χ0n) is 5.97. The van der Waals surface area contributed by atoms with Crippen LogP contribution in [0.25, 0.3) is 0 Å². The lowest BCUT2D eigenvalue weighted by molar-refractivity contribution is 0.859. The van der Waals surface area contributed by atoms with E-state index in [1.165, 1.54) is 0 Å². The van der Waals surface area contributed by atoms with Crippen molar-refractivity contribution in [3.63, 3.8) is 0 Å². The fourth-order valence-electron chi connectivity index (χ4n) is 0.675. The molecule has 0 radical (unpaired) electrons. The molecule has 0 aromatic rings. The van der Waals surface area contributed by atoms with Crippen molar-refractivity contribution in [1.29, 1.82) is 0 Å². The van der Waals surface area contributed by atoms with E-state index in [4.69, 9.17) is 0 Å². The van der Waals surface area contributed by atoms with Gasteiger partial charge in [0.1, 0.15) is 5.84 Å². The third kappa shape index (κ3) is 1.28. The van der Waals surface area contributed by atoms with Crippen molar-refractivity contribution < 1.29 is 0 Å². The first-order valence-corrected chi connectivity index (χ1v) is 3.05. The summed E-state index contributed by atoms with van der Waals surface area (Å²) in [5.74, 6) is 0.896. The van der Waals surface area contributed by atoms with E-state index in [2.05, 4.69) is 15.5 Å². The fraction of sp³-hybridized carbons (Fsp3) is 0.667. The van der Waals surface area contributed by atoms with E-state index in [0.717, 1.165) is 11.5 Å². The monoisotopic (exact) mass is 125 g/mol. The number of nitrogens with one attached hydrogen (secondary N) is 1. The van der Waals surface area contributed by atoms with Gasteiger partial charge in [0.25, 0.3) is 0 Å². The van der Waals surface area contributed by atoms with Crippen molar-refractivity contribution in [1.82, 2.24) is 5.43 Å². The van der Waals surface area contributed by atoms with E-state index >= 15 is 0 Å². The van der Waals surface area contributed by atoms with E-state index < -0.39 is 0 Å². The Bertz CT molecular complexity index is 169. The summed E-state index contributed by atoms with van der Waals surface area (Å²) >= 11 is 0. The van der Waals surface area contributed by atoms with Crippen LogP contribution in [-0.2, 0) is 0 Å². The first kappa shape index (κ1) is 6.26. The molecule has 0 spiro atoms. The molecule has 0 saturated heterocycles. The van der Waals surface area contributed by atoms with E-state index in [1.54, 1.807) is 0 Å². The van der Waals surface area contributed by atoms with Crippen molar-refractivity contribution in [2.45, 2.75) is 26.8 Å².